The highest BCUT2D eigenvalue weighted by molar-refractivity contribution is 5.78. The average molecular weight is 376 g/mol. The molecule has 6 nitrogen and oxygen atoms in total. The van der Waals surface area contributed by atoms with Gasteiger partial charge in [-0.2, -0.15) is 0 Å². The van der Waals surface area contributed by atoms with Gasteiger partial charge >= 0.3 is 0 Å². The first-order valence-corrected chi connectivity index (χ1v) is 9.81. The first kappa shape index (κ1) is 18.3. The fourth-order valence-corrected chi connectivity index (χ4v) is 3.96. The summed E-state index contributed by atoms with van der Waals surface area (Å²) in [5.74, 6) is 0.578. The van der Waals surface area contributed by atoms with E-state index in [4.69, 9.17) is 0 Å². The van der Waals surface area contributed by atoms with Gasteiger partial charge in [0, 0.05) is 31.4 Å². The zero-order chi connectivity index (χ0) is 19.3. The van der Waals surface area contributed by atoms with E-state index in [1.807, 2.05) is 36.4 Å². The summed E-state index contributed by atoms with van der Waals surface area (Å²) in [6.07, 6.45) is 8.76. The Morgan fingerprint density at radius 2 is 1.93 bits per heavy atom. The molecule has 144 valence electrons. The number of carbonyl (C=O) groups excluding carboxylic acids is 1. The predicted molar refractivity (Wildman–Crippen MR) is 108 cm³/mol. The summed E-state index contributed by atoms with van der Waals surface area (Å²) in [7, 11) is 0. The summed E-state index contributed by atoms with van der Waals surface area (Å²) in [5.41, 5.74) is 1.76. The van der Waals surface area contributed by atoms with E-state index in [9.17, 15) is 9.59 Å². The molecule has 1 N–H and O–H groups in total. The molecule has 1 fully saturated rings. The lowest BCUT2D eigenvalue weighted by Crippen LogP contribution is -2.34. The van der Waals surface area contributed by atoms with E-state index in [0.29, 0.717) is 24.4 Å². The van der Waals surface area contributed by atoms with Gasteiger partial charge in [0.05, 0.1) is 17.2 Å². The number of hydrogen-bond donors (Lipinski definition) is 1. The maximum Gasteiger partial charge on any atom is 0.261 e. The molecule has 6 heteroatoms. The molecule has 0 unspecified atom stereocenters. The number of aromatic nitrogens is 3. The summed E-state index contributed by atoms with van der Waals surface area (Å²) in [6.45, 7) is 1.19. The number of rotatable bonds is 5. The lowest BCUT2D eigenvalue weighted by atomic mass is 9.81. The lowest BCUT2D eigenvalue weighted by molar-refractivity contribution is -0.126. The van der Waals surface area contributed by atoms with Gasteiger partial charge in [0.25, 0.3) is 5.56 Å². The standard InChI is InChI=1S/C22H24N4O2/c27-21(24-13-17-4-3-11-23-12-17)18-9-7-16(8-10-18)14-26-15-25-20-6-2-1-5-19(20)22(26)28/h1-6,11-12,15-16,18H,7-10,13-14H2,(H,24,27). The Labute approximate surface area is 163 Å². The molecule has 1 amide bonds. The first-order chi connectivity index (χ1) is 13.7. The van der Waals surface area contributed by atoms with E-state index in [0.717, 1.165) is 36.8 Å². The normalized spacial score (nSPS) is 19.4. The summed E-state index contributed by atoms with van der Waals surface area (Å²) < 4.78 is 1.72. The van der Waals surface area contributed by atoms with Crippen molar-refractivity contribution in [3.05, 3.63) is 71.0 Å². The highest BCUT2D eigenvalue weighted by Gasteiger charge is 2.26. The third-order valence-electron chi connectivity index (χ3n) is 5.59. The zero-order valence-electron chi connectivity index (χ0n) is 15.8. The fourth-order valence-electron chi connectivity index (χ4n) is 3.96. The van der Waals surface area contributed by atoms with Crippen molar-refractivity contribution in [1.29, 1.82) is 0 Å². The molecule has 1 aromatic carbocycles. The molecule has 4 rings (SSSR count). The van der Waals surface area contributed by atoms with Crippen molar-refractivity contribution in [2.24, 2.45) is 11.8 Å². The first-order valence-electron chi connectivity index (χ1n) is 9.81. The van der Waals surface area contributed by atoms with Crippen molar-refractivity contribution in [2.45, 2.75) is 38.8 Å². The molecule has 1 saturated carbocycles. The minimum Gasteiger partial charge on any atom is -0.352 e. The average Bonchev–Trinajstić information content (AvgIpc) is 2.75. The Hall–Kier alpha value is -3.02. The van der Waals surface area contributed by atoms with Crippen LogP contribution in [0.25, 0.3) is 10.9 Å². The number of pyridine rings is 1. The second-order valence-electron chi connectivity index (χ2n) is 7.52. The Bertz CT molecular complexity index is 1010. The molecular weight excluding hydrogens is 352 g/mol. The van der Waals surface area contributed by atoms with Crippen molar-refractivity contribution in [2.75, 3.05) is 0 Å². The van der Waals surface area contributed by atoms with Crippen LogP contribution < -0.4 is 10.9 Å². The van der Waals surface area contributed by atoms with Crippen LogP contribution in [0.4, 0.5) is 0 Å². The van der Waals surface area contributed by atoms with Gasteiger partial charge in [-0.15, -0.1) is 0 Å². The quantitative estimate of drug-likeness (QED) is 0.743. The molecule has 0 radical (unpaired) electrons. The highest BCUT2D eigenvalue weighted by Crippen LogP contribution is 2.29. The summed E-state index contributed by atoms with van der Waals surface area (Å²) in [5, 5.41) is 3.68. The minimum absolute atomic E-state index is 0.0157. The molecule has 2 heterocycles. The van der Waals surface area contributed by atoms with Gasteiger partial charge in [-0.05, 0) is 55.4 Å². The van der Waals surface area contributed by atoms with Gasteiger partial charge in [-0.3, -0.25) is 19.1 Å². The molecule has 0 atom stereocenters. The molecule has 1 aliphatic carbocycles. The third kappa shape index (κ3) is 4.11. The van der Waals surface area contributed by atoms with E-state index in [2.05, 4.69) is 15.3 Å². The van der Waals surface area contributed by atoms with Crippen molar-refractivity contribution in [3.63, 3.8) is 0 Å². The molecule has 28 heavy (non-hydrogen) atoms. The van der Waals surface area contributed by atoms with Crippen LogP contribution in [0.15, 0.2) is 59.9 Å². The van der Waals surface area contributed by atoms with Crippen LogP contribution in [0.1, 0.15) is 31.2 Å². The van der Waals surface area contributed by atoms with Crippen LogP contribution in [0.5, 0.6) is 0 Å². The number of benzene rings is 1. The molecule has 1 aliphatic rings. The van der Waals surface area contributed by atoms with Gasteiger partial charge in [-0.25, -0.2) is 4.98 Å². The number of nitrogens with zero attached hydrogens (tertiary/aromatic N) is 3. The van der Waals surface area contributed by atoms with E-state index in [-0.39, 0.29) is 17.4 Å². The molecule has 0 saturated heterocycles. The van der Waals surface area contributed by atoms with Crippen molar-refractivity contribution >= 4 is 16.8 Å². The van der Waals surface area contributed by atoms with Crippen LogP contribution in [-0.4, -0.2) is 20.4 Å². The number of para-hydroxylation sites is 1. The van der Waals surface area contributed by atoms with Gasteiger partial charge in [0.2, 0.25) is 5.91 Å². The van der Waals surface area contributed by atoms with E-state index in [1.165, 1.54) is 0 Å². The molecule has 0 bridgehead atoms. The summed E-state index contributed by atoms with van der Waals surface area (Å²) >= 11 is 0. The Balaban J connectivity index is 1.31. The Morgan fingerprint density at radius 1 is 1.11 bits per heavy atom. The third-order valence-corrected chi connectivity index (χ3v) is 5.59. The van der Waals surface area contributed by atoms with Crippen LogP contribution >= 0.6 is 0 Å². The smallest absolute Gasteiger partial charge is 0.261 e. The second kappa shape index (κ2) is 8.33. The molecule has 0 spiro atoms. The fraction of sp³-hybridized carbons (Fsp3) is 0.364. The van der Waals surface area contributed by atoms with Crippen LogP contribution in [0, 0.1) is 11.8 Å². The van der Waals surface area contributed by atoms with E-state index in [1.54, 1.807) is 23.3 Å². The number of fused-ring (bicyclic) bond motifs is 1. The maximum atomic E-state index is 12.6. The summed E-state index contributed by atoms with van der Waals surface area (Å²) in [6, 6.07) is 11.3. The number of carbonyl (C=O) groups is 1. The Kier molecular flexibility index (Phi) is 5.46. The molecular formula is C22H24N4O2. The van der Waals surface area contributed by atoms with Gasteiger partial charge in [0.15, 0.2) is 0 Å². The molecule has 2 aromatic heterocycles. The zero-order valence-corrected chi connectivity index (χ0v) is 15.8. The van der Waals surface area contributed by atoms with Gasteiger partial charge in [-0.1, -0.05) is 18.2 Å². The largest absolute Gasteiger partial charge is 0.352 e. The van der Waals surface area contributed by atoms with E-state index < -0.39 is 0 Å². The van der Waals surface area contributed by atoms with Crippen molar-refractivity contribution in [3.8, 4) is 0 Å². The molecule has 0 aliphatic heterocycles. The SMILES string of the molecule is O=C(NCc1cccnc1)C1CCC(Cn2cnc3ccccc3c2=O)CC1. The van der Waals surface area contributed by atoms with Gasteiger partial charge in [0.1, 0.15) is 0 Å². The predicted octanol–water partition coefficient (Wildman–Crippen LogP) is 2.91. The number of hydrogen-bond acceptors (Lipinski definition) is 4. The molecule has 3 aromatic rings. The lowest BCUT2D eigenvalue weighted by Gasteiger charge is -2.28. The van der Waals surface area contributed by atoms with Crippen LogP contribution in [0.2, 0.25) is 0 Å². The highest BCUT2D eigenvalue weighted by atomic mass is 16.2. The topological polar surface area (TPSA) is 76.9 Å². The van der Waals surface area contributed by atoms with Crippen LogP contribution in [0.3, 0.4) is 0 Å². The van der Waals surface area contributed by atoms with Gasteiger partial charge < -0.3 is 5.32 Å². The van der Waals surface area contributed by atoms with Crippen molar-refractivity contribution in [1.82, 2.24) is 19.9 Å². The summed E-state index contributed by atoms with van der Waals surface area (Å²) in [4.78, 5) is 33.6. The second-order valence-corrected chi connectivity index (χ2v) is 7.52. The number of nitrogens with one attached hydrogen (secondary N) is 1. The Morgan fingerprint density at radius 3 is 2.71 bits per heavy atom. The number of amides is 1. The monoisotopic (exact) mass is 376 g/mol. The van der Waals surface area contributed by atoms with Crippen LogP contribution in [-0.2, 0) is 17.9 Å². The van der Waals surface area contributed by atoms with E-state index >= 15 is 0 Å². The minimum atomic E-state index is 0.0157. The maximum absolute atomic E-state index is 12.6. The van der Waals surface area contributed by atoms with Crippen molar-refractivity contribution < 1.29 is 4.79 Å².